The smallest absolute Gasteiger partial charge is 0.306 e. The van der Waals surface area contributed by atoms with E-state index >= 15 is 0 Å². The zero-order valence-electron chi connectivity index (χ0n) is 11.9. The Morgan fingerprint density at radius 3 is 2.91 bits per heavy atom. The van der Waals surface area contributed by atoms with E-state index in [0.717, 1.165) is 0 Å². The Bertz CT molecular complexity index is 550. The fourth-order valence-electron chi connectivity index (χ4n) is 2.39. The molecule has 0 spiro atoms. The number of rotatable bonds is 5. The monoisotopic (exact) mass is 311 g/mol. The number of carbonyl (C=O) groups excluding carboxylic acids is 1. The number of hydrogen-bond acceptors (Lipinski definition) is 4. The lowest BCUT2D eigenvalue weighted by molar-refractivity contribution is -0.148. The number of carboxylic acid groups (broad SMARTS) is 1. The number of ether oxygens (including phenoxy) is 1. The number of amides is 1. The standard InChI is InChI=1S/C15H18FNO5/c16-11-3-1-2-10(6-11)13(18)8-14(19)17-4-5-22-12(9-17)7-15(20)21/h1-3,6,12-13,18H,4-5,7-9H2,(H,20,21). The Balaban J connectivity index is 1.92. The van der Waals surface area contributed by atoms with E-state index in [9.17, 15) is 19.1 Å². The van der Waals surface area contributed by atoms with Crippen LogP contribution in [0.1, 0.15) is 24.5 Å². The first-order valence-electron chi connectivity index (χ1n) is 7.00. The largest absolute Gasteiger partial charge is 0.481 e. The maximum absolute atomic E-state index is 13.1. The SMILES string of the molecule is O=C(O)CC1CN(C(=O)CC(O)c2cccc(F)c2)CCO1. The average Bonchev–Trinajstić information content (AvgIpc) is 2.46. The van der Waals surface area contributed by atoms with E-state index in [0.29, 0.717) is 12.1 Å². The molecule has 2 rings (SSSR count). The average molecular weight is 311 g/mol. The first kappa shape index (κ1) is 16.4. The third-order valence-electron chi connectivity index (χ3n) is 3.50. The fourth-order valence-corrected chi connectivity index (χ4v) is 2.39. The minimum Gasteiger partial charge on any atom is -0.481 e. The highest BCUT2D eigenvalue weighted by Gasteiger charge is 2.27. The molecule has 1 aromatic rings. The van der Waals surface area contributed by atoms with Crippen LogP contribution in [0.15, 0.2) is 24.3 Å². The predicted octanol–water partition coefficient (Wildman–Crippen LogP) is 0.951. The summed E-state index contributed by atoms with van der Waals surface area (Å²) in [6.07, 6.45) is -1.98. The van der Waals surface area contributed by atoms with Gasteiger partial charge in [-0.15, -0.1) is 0 Å². The molecule has 1 fully saturated rings. The van der Waals surface area contributed by atoms with E-state index in [1.54, 1.807) is 6.07 Å². The van der Waals surface area contributed by atoms with Crippen molar-refractivity contribution in [3.05, 3.63) is 35.6 Å². The van der Waals surface area contributed by atoms with Gasteiger partial charge in [0.15, 0.2) is 0 Å². The molecule has 0 aliphatic carbocycles. The van der Waals surface area contributed by atoms with Gasteiger partial charge in [-0.2, -0.15) is 0 Å². The van der Waals surface area contributed by atoms with Gasteiger partial charge in [0, 0.05) is 13.1 Å². The van der Waals surface area contributed by atoms with Gasteiger partial charge < -0.3 is 19.8 Å². The van der Waals surface area contributed by atoms with Crippen LogP contribution in [-0.2, 0) is 14.3 Å². The summed E-state index contributed by atoms with van der Waals surface area (Å²) in [5.41, 5.74) is 0.337. The van der Waals surface area contributed by atoms with E-state index in [1.165, 1.54) is 23.1 Å². The van der Waals surface area contributed by atoms with E-state index in [2.05, 4.69) is 0 Å². The Kier molecular flexibility index (Phi) is 5.46. The molecule has 0 aromatic heterocycles. The van der Waals surface area contributed by atoms with Crippen LogP contribution in [0.4, 0.5) is 4.39 Å². The molecule has 1 aliphatic rings. The van der Waals surface area contributed by atoms with Crippen molar-refractivity contribution in [3.8, 4) is 0 Å². The quantitative estimate of drug-likeness (QED) is 0.845. The summed E-state index contributed by atoms with van der Waals surface area (Å²) in [5.74, 6) is -1.77. The first-order chi connectivity index (χ1) is 10.5. The van der Waals surface area contributed by atoms with Crippen LogP contribution in [0, 0.1) is 5.82 Å². The molecule has 0 bridgehead atoms. The molecule has 2 atom stereocenters. The molecule has 7 heteroatoms. The highest BCUT2D eigenvalue weighted by Crippen LogP contribution is 2.20. The lowest BCUT2D eigenvalue weighted by atomic mass is 10.1. The van der Waals surface area contributed by atoms with Gasteiger partial charge in [0.1, 0.15) is 5.82 Å². The van der Waals surface area contributed by atoms with Gasteiger partial charge in [0.05, 0.1) is 31.7 Å². The lowest BCUT2D eigenvalue weighted by Crippen LogP contribution is -2.46. The number of carboxylic acids is 1. The van der Waals surface area contributed by atoms with Crippen molar-refractivity contribution in [2.75, 3.05) is 19.7 Å². The number of nitrogens with zero attached hydrogens (tertiary/aromatic N) is 1. The molecule has 1 saturated heterocycles. The topological polar surface area (TPSA) is 87.1 Å². The van der Waals surface area contributed by atoms with Gasteiger partial charge >= 0.3 is 5.97 Å². The summed E-state index contributed by atoms with van der Waals surface area (Å²) >= 11 is 0. The molecule has 2 N–H and O–H groups in total. The van der Waals surface area contributed by atoms with Gasteiger partial charge in [-0.05, 0) is 17.7 Å². The normalized spacial score (nSPS) is 19.7. The Labute approximate surface area is 127 Å². The second-order valence-corrected chi connectivity index (χ2v) is 5.21. The van der Waals surface area contributed by atoms with E-state index < -0.39 is 24.0 Å². The van der Waals surface area contributed by atoms with E-state index in [-0.39, 0.29) is 31.9 Å². The van der Waals surface area contributed by atoms with Crippen molar-refractivity contribution < 1.29 is 28.9 Å². The van der Waals surface area contributed by atoms with Gasteiger partial charge in [0.2, 0.25) is 5.91 Å². The van der Waals surface area contributed by atoms with Crippen molar-refractivity contribution >= 4 is 11.9 Å². The van der Waals surface area contributed by atoms with Crippen LogP contribution in [0.2, 0.25) is 0 Å². The number of benzene rings is 1. The fraction of sp³-hybridized carbons (Fsp3) is 0.467. The van der Waals surface area contributed by atoms with Crippen molar-refractivity contribution in [3.63, 3.8) is 0 Å². The second kappa shape index (κ2) is 7.33. The molecule has 1 amide bonds. The molecule has 2 unspecified atom stereocenters. The Morgan fingerprint density at radius 2 is 2.23 bits per heavy atom. The summed E-state index contributed by atoms with van der Waals surface area (Å²) in [5, 5.41) is 18.8. The lowest BCUT2D eigenvalue weighted by Gasteiger charge is -2.32. The Hall–Kier alpha value is -1.99. The van der Waals surface area contributed by atoms with Gasteiger partial charge in [-0.3, -0.25) is 9.59 Å². The molecule has 0 radical (unpaired) electrons. The number of carbonyl (C=O) groups is 2. The molecule has 1 aromatic carbocycles. The van der Waals surface area contributed by atoms with Crippen molar-refractivity contribution in [2.45, 2.75) is 25.0 Å². The van der Waals surface area contributed by atoms with Crippen LogP contribution in [-0.4, -0.2) is 52.8 Å². The molecule has 1 aliphatic heterocycles. The molecule has 120 valence electrons. The molecular formula is C15H18FNO5. The number of aliphatic hydroxyl groups excluding tert-OH is 1. The molecule has 6 nitrogen and oxygen atoms in total. The molecule has 0 saturated carbocycles. The van der Waals surface area contributed by atoms with Crippen LogP contribution in [0.3, 0.4) is 0 Å². The number of halogens is 1. The number of hydrogen-bond donors (Lipinski definition) is 2. The summed E-state index contributed by atoms with van der Waals surface area (Å²) in [7, 11) is 0. The second-order valence-electron chi connectivity index (χ2n) is 5.21. The van der Waals surface area contributed by atoms with Gasteiger partial charge in [0.25, 0.3) is 0 Å². The maximum atomic E-state index is 13.1. The Morgan fingerprint density at radius 1 is 1.45 bits per heavy atom. The van der Waals surface area contributed by atoms with Crippen molar-refractivity contribution in [1.29, 1.82) is 0 Å². The minimum absolute atomic E-state index is 0.170. The number of morpholine rings is 1. The van der Waals surface area contributed by atoms with Crippen LogP contribution in [0.5, 0.6) is 0 Å². The summed E-state index contributed by atoms with van der Waals surface area (Å²) in [6.45, 7) is 0.797. The first-order valence-corrected chi connectivity index (χ1v) is 7.00. The summed E-state index contributed by atoms with van der Waals surface area (Å²) in [6, 6.07) is 5.46. The zero-order valence-corrected chi connectivity index (χ0v) is 11.9. The van der Waals surface area contributed by atoms with Crippen LogP contribution >= 0.6 is 0 Å². The summed E-state index contributed by atoms with van der Waals surface area (Å²) < 4.78 is 18.4. The van der Waals surface area contributed by atoms with E-state index in [4.69, 9.17) is 9.84 Å². The maximum Gasteiger partial charge on any atom is 0.306 e. The van der Waals surface area contributed by atoms with Crippen LogP contribution < -0.4 is 0 Å². The minimum atomic E-state index is -1.09. The van der Waals surface area contributed by atoms with Gasteiger partial charge in [-0.1, -0.05) is 12.1 Å². The molecule has 1 heterocycles. The van der Waals surface area contributed by atoms with Crippen LogP contribution in [0.25, 0.3) is 0 Å². The third kappa shape index (κ3) is 4.51. The zero-order chi connectivity index (χ0) is 16.1. The number of aliphatic hydroxyl groups is 1. The predicted molar refractivity (Wildman–Crippen MR) is 74.5 cm³/mol. The highest BCUT2D eigenvalue weighted by atomic mass is 19.1. The van der Waals surface area contributed by atoms with E-state index in [1.807, 2.05) is 0 Å². The summed E-state index contributed by atoms with van der Waals surface area (Å²) in [4.78, 5) is 24.3. The number of aliphatic carboxylic acids is 1. The molecular weight excluding hydrogens is 293 g/mol. The third-order valence-corrected chi connectivity index (χ3v) is 3.50. The highest BCUT2D eigenvalue weighted by molar-refractivity contribution is 5.77. The van der Waals surface area contributed by atoms with Crippen molar-refractivity contribution in [2.24, 2.45) is 0 Å². The molecule has 22 heavy (non-hydrogen) atoms. The van der Waals surface area contributed by atoms with Crippen molar-refractivity contribution in [1.82, 2.24) is 4.90 Å². The van der Waals surface area contributed by atoms with Gasteiger partial charge in [-0.25, -0.2) is 4.39 Å².